The molecular weight excluding hydrogens is 258 g/mol. The van der Waals surface area contributed by atoms with Gasteiger partial charge in [0.1, 0.15) is 11.5 Å². The summed E-state index contributed by atoms with van der Waals surface area (Å²) in [5.74, 6) is 1.63. The van der Waals surface area contributed by atoms with E-state index < -0.39 is 0 Å². The fourth-order valence-corrected chi connectivity index (χ4v) is 1.96. The zero-order valence-electron chi connectivity index (χ0n) is 11.2. The van der Waals surface area contributed by atoms with Gasteiger partial charge in [0, 0.05) is 11.6 Å². The van der Waals surface area contributed by atoms with Gasteiger partial charge in [0.15, 0.2) is 0 Å². The van der Waals surface area contributed by atoms with Crippen molar-refractivity contribution in [3.05, 3.63) is 58.6 Å². The minimum absolute atomic E-state index is 0.685. The Balaban J connectivity index is 2.16. The molecule has 2 aromatic rings. The molecule has 0 aliphatic heterocycles. The minimum atomic E-state index is 0.685. The van der Waals surface area contributed by atoms with Gasteiger partial charge in [0.05, 0.1) is 0 Å². The molecule has 2 rings (SSSR count). The lowest BCUT2D eigenvalue weighted by atomic mass is 10.2. The fourth-order valence-electron chi connectivity index (χ4n) is 1.80. The maximum Gasteiger partial charge on any atom is 0.131 e. The maximum atomic E-state index is 5.99. The molecule has 3 heteroatoms. The predicted octanol–water partition coefficient (Wildman–Crippen LogP) is 4.55. The Hall–Kier alpha value is -1.51. The molecule has 2 aromatic carbocycles. The molecule has 0 radical (unpaired) electrons. The molecule has 19 heavy (non-hydrogen) atoms. The largest absolute Gasteiger partial charge is 0.457 e. The van der Waals surface area contributed by atoms with Crippen LogP contribution in [0.4, 0.5) is 0 Å². The van der Waals surface area contributed by atoms with Crippen molar-refractivity contribution >= 4 is 11.6 Å². The lowest BCUT2D eigenvalue weighted by Crippen LogP contribution is -2.11. The Kier molecular flexibility index (Phi) is 4.83. The molecule has 2 nitrogen and oxygen atoms in total. The molecule has 1 N–H and O–H groups in total. The highest BCUT2D eigenvalue weighted by Gasteiger charge is 2.03. The maximum absolute atomic E-state index is 5.99. The van der Waals surface area contributed by atoms with E-state index >= 15 is 0 Å². The summed E-state index contributed by atoms with van der Waals surface area (Å²) in [6.07, 6.45) is 0. The van der Waals surface area contributed by atoms with Crippen molar-refractivity contribution < 1.29 is 4.74 Å². The van der Waals surface area contributed by atoms with E-state index in [9.17, 15) is 0 Å². The van der Waals surface area contributed by atoms with Crippen LogP contribution in [-0.4, -0.2) is 6.54 Å². The standard InChI is InChI=1S/C16H18ClNO/c1-3-18-11-13-5-4-6-15(9-13)19-16-10-14(17)8-7-12(16)2/h4-10,18H,3,11H2,1-2H3. The van der Waals surface area contributed by atoms with Crippen LogP contribution in [0.5, 0.6) is 11.5 Å². The first-order chi connectivity index (χ1) is 9.19. The highest BCUT2D eigenvalue weighted by Crippen LogP contribution is 2.28. The number of nitrogens with one attached hydrogen (secondary N) is 1. The third-order valence-corrected chi connectivity index (χ3v) is 3.09. The summed E-state index contributed by atoms with van der Waals surface area (Å²) < 4.78 is 5.90. The second-order valence-corrected chi connectivity index (χ2v) is 4.88. The van der Waals surface area contributed by atoms with E-state index in [2.05, 4.69) is 18.3 Å². The molecule has 0 aliphatic rings. The molecule has 0 unspecified atom stereocenters. The lowest BCUT2D eigenvalue weighted by Gasteiger charge is -2.10. The average molecular weight is 276 g/mol. The first kappa shape index (κ1) is 13.9. The molecule has 0 bridgehead atoms. The van der Waals surface area contributed by atoms with Crippen LogP contribution in [0, 0.1) is 6.92 Å². The van der Waals surface area contributed by atoms with Gasteiger partial charge in [-0.3, -0.25) is 0 Å². The van der Waals surface area contributed by atoms with Gasteiger partial charge in [-0.15, -0.1) is 0 Å². The van der Waals surface area contributed by atoms with Crippen LogP contribution in [0.1, 0.15) is 18.1 Å². The first-order valence-electron chi connectivity index (χ1n) is 6.42. The zero-order chi connectivity index (χ0) is 13.7. The summed E-state index contributed by atoms with van der Waals surface area (Å²) in [5, 5.41) is 3.98. The number of rotatable bonds is 5. The normalized spacial score (nSPS) is 10.5. The molecule has 0 aliphatic carbocycles. The van der Waals surface area contributed by atoms with Crippen molar-refractivity contribution in [2.45, 2.75) is 20.4 Å². The Labute approximate surface area is 119 Å². The number of halogens is 1. The van der Waals surface area contributed by atoms with Gasteiger partial charge in [-0.2, -0.15) is 0 Å². The Morgan fingerprint density at radius 2 is 2.00 bits per heavy atom. The van der Waals surface area contributed by atoms with Crippen molar-refractivity contribution in [1.82, 2.24) is 5.32 Å². The smallest absolute Gasteiger partial charge is 0.131 e. The average Bonchev–Trinajstić information content (AvgIpc) is 2.41. The first-order valence-corrected chi connectivity index (χ1v) is 6.80. The number of benzene rings is 2. The molecule has 0 amide bonds. The summed E-state index contributed by atoms with van der Waals surface area (Å²) in [4.78, 5) is 0. The summed E-state index contributed by atoms with van der Waals surface area (Å²) in [6.45, 7) is 5.91. The second-order valence-electron chi connectivity index (χ2n) is 4.44. The van der Waals surface area contributed by atoms with Crippen LogP contribution in [-0.2, 0) is 6.54 Å². The van der Waals surface area contributed by atoms with Crippen molar-refractivity contribution in [3.63, 3.8) is 0 Å². The molecule has 0 atom stereocenters. The van der Waals surface area contributed by atoms with E-state index in [4.69, 9.17) is 16.3 Å². The lowest BCUT2D eigenvalue weighted by molar-refractivity contribution is 0.478. The van der Waals surface area contributed by atoms with Gasteiger partial charge in [0.2, 0.25) is 0 Å². The number of hydrogen-bond acceptors (Lipinski definition) is 2. The van der Waals surface area contributed by atoms with Gasteiger partial charge in [-0.05, 0) is 48.9 Å². The van der Waals surface area contributed by atoms with Crippen LogP contribution < -0.4 is 10.1 Å². The van der Waals surface area contributed by atoms with E-state index in [-0.39, 0.29) is 0 Å². The van der Waals surface area contributed by atoms with E-state index in [1.165, 1.54) is 5.56 Å². The van der Waals surface area contributed by atoms with E-state index in [1.807, 2.05) is 43.3 Å². The van der Waals surface area contributed by atoms with Gasteiger partial charge in [0.25, 0.3) is 0 Å². The van der Waals surface area contributed by atoms with Gasteiger partial charge in [-0.1, -0.05) is 36.7 Å². The molecular formula is C16H18ClNO. The molecule has 0 fully saturated rings. The van der Waals surface area contributed by atoms with Crippen LogP contribution >= 0.6 is 11.6 Å². The van der Waals surface area contributed by atoms with Gasteiger partial charge >= 0.3 is 0 Å². The van der Waals surface area contributed by atoms with Gasteiger partial charge < -0.3 is 10.1 Å². The van der Waals surface area contributed by atoms with Crippen LogP contribution in [0.2, 0.25) is 5.02 Å². The van der Waals surface area contributed by atoms with E-state index in [1.54, 1.807) is 0 Å². The molecule has 0 spiro atoms. The summed E-state index contributed by atoms with van der Waals surface area (Å²) in [7, 11) is 0. The predicted molar refractivity (Wildman–Crippen MR) is 80.1 cm³/mol. The fraction of sp³-hybridized carbons (Fsp3) is 0.250. The SMILES string of the molecule is CCNCc1cccc(Oc2cc(Cl)ccc2C)c1. The number of hydrogen-bond donors (Lipinski definition) is 1. The highest BCUT2D eigenvalue weighted by atomic mass is 35.5. The van der Waals surface area contributed by atoms with Crippen LogP contribution in [0.15, 0.2) is 42.5 Å². The van der Waals surface area contributed by atoms with Crippen LogP contribution in [0.25, 0.3) is 0 Å². The quantitative estimate of drug-likeness (QED) is 0.864. The second kappa shape index (κ2) is 6.60. The minimum Gasteiger partial charge on any atom is -0.457 e. The molecule has 0 saturated heterocycles. The van der Waals surface area contributed by atoms with E-state index in [0.717, 1.165) is 30.2 Å². The summed E-state index contributed by atoms with van der Waals surface area (Å²) >= 11 is 5.99. The third-order valence-electron chi connectivity index (χ3n) is 2.86. The van der Waals surface area contributed by atoms with Crippen molar-refractivity contribution in [2.24, 2.45) is 0 Å². The van der Waals surface area contributed by atoms with Gasteiger partial charge in [-0.25, -0.2) is 0 Å². The Morgan fingerprint density at radius 1 is 1.16 bits per heavy atom. The Bertz CT molecular complexity index is 554. The van der Waals surface area contributed by atoms with Crippen LogP contribution in [0.3, 0.4) is 0 Å². The Morgan fingerprint density at radius 3 is 2.79 bits per heavy atom. The summed E-state index contributed by atoms with van der Waals surface area (Å²) in [6, 6.07) is 13.8. The van der Waals surface area contributed by atoms with Crippen molar-refractivity contribution in [2.75, 3.05) is 6.54 Å². The monoisotopic (exact) mass is 275 g/mol. The highest BCUT2D eigenvalue weighted by molar-refractivity contribution is 6.30. The van der Waals surface area contributed by atoms with E-state index in [0.29, 0.717) is 5.02 Å². The molecule has 100 valence electrons. The molecule has 0 aromatic heterocycles. The number of ether oxygens (including phenoxy) is 1. The number of aryl methyl sites for hydroxylation is 1. The zero-order valence-corrected chi connectivity index (χ0v) is 12.0. The molecule has 0 saturated carbocycles. The van der Waals surface area contributed by atoms with Crippen molar-refractivity contribution in [1.29, 1.82) is 0 Å². The topological polar surface area (TPSA) is 21.3 Å². The molecule has 0 heterocycles. The van der Waals surface area contributed by atoms with Crippen molar-refractivity contribution in [3.8, 4) is 11.5 Å². The third kappa shape index (κ3) is 3.98. The summed E-state index contributed by atoms with van der Waals surface area (Å²) in [5.41, 5.74) is 2.28.